The minimum absolute atomic E-state index is 0.0591. The Kier molecular flexibility index (Phi) is 5.25. The summed E-state index contributed by atoms with van der Waals surface area (Å²) < 4.78 is 37.5. The molecule has 0 aliphatic carbocycles. The molecule has 0 bridgehead atoms. The van der Waals surface area contributed by atoms with Crippen molar-refractivity contribution in [3.8, 4) is 0 Å². The van der Waals surface area contributed by atoms with Crippen LogP contribution >= 0.6 is 11.8 Å². The molecule has 2 saturated heterocycles. The van der Waals surface area contributed by atoms with Gasteiger partial charge in [-0.15, -0.1) is 0 Å². The molecule has 2 heterocycles. The predicted molar refractivity (Wildman–Crippen MR) is 115 cm³/mol. The number of aryl methyl sites for hydroxylation is 2. The number of thioether (sulfide) groups is 1. The van der Waals surface area contributed by atoms with Crippen LogP contribution in [-0.2, 0) is 21.1 Å². The number of carbonyl (C=O) groups is 1. The number of halogens is 1. The zero-order valence-electron chi connectivity index (χ0n) is 16.1. The topological polar surface area (TPSA) is 66.8 Å². The first kappa shape index (κ1) is 20.1. The zero-order valence-corrected chi connectivity index (χ0v) is 17.8. The summed E-state index contributed by atoms with van der Waals surface area (Å²) in [4.78, 5) is 18.9. The third-order valence-corrected chi connectivity index (χ3v) is 8.45. The normalized spacial score (nSPS) is 24.1. The molecule has 152 valence electrons. The van der Waals surface area contributed by atoms with E-state index < -0.39 is 9.84 Å². The summed E-state index contributed by atoms with van der Waals surface area (Å²) in [5.41, 5.74) is 3.62. The Labute approximate surface area is 173 Å². The van der Waals surface area contributed by atoms with Gasteiger partial charge in [-0.2, -0.15) is 4.99 Å². The van der Waals surface area contributed by atoms with Crippen molar-refractivity contribution in [3.05, 3.63) is 65.0 Å². The maximum absolute atomic E-state index is 13.1. The van der Waals surface area contributed by atoms with E-state index in [4.69, 9.17) is 0 Å². The van der Waals surface area contributed by atoms with Crippen LogP contribution in [0.1, 0.15) is 16.7 Å². The van der Waals surface area contributed by atoms with Crippen molar-refractivity contribution in [3.63, 3.8) is 0 Å². The van der Waals surface area contributed by atoms with Gasteiger partial charge in [-0.3, -0.25) is 4.79 Å². The van der Waals surface area contributed by atoms with Crippen molar-refractivity contribution < 1.29 is 17.6 Å². The van der Waals surface area contributed by atoms with Crippen molar-refractivity contribution >= 4 is 38.4 Å². The number of aliphatic imine (C=N–C) groups is 1. The minimum Gasteiger partial charge on any atom is -0.315 e. The summed E-state index contributed by atoms with van der Waals surface area (Å²) >= 11 is 1.36. The molecule has 0 saturated carbocycles. The molecule has 4 rings (SSSR count). The van der Waals surface area contributed by atoms with E-state index in [1.54, 1.807) is 12.1 Å². The molecule has 2 aromatic rings. The van der Waals surface area contributed by atoms with Crippen molar-refractivity contribution in [2.45, 2.75) is 31.6 Å². The van der Waals surface area contributed by atoms with Crippen LogP contribution in [0, 0.1) is 19.7 Å². The van der Waals surface area contributed by atoms with Crippen molar-refractivity contribution in [1.82, 2.24) is 0 Å². The van der Waals surface area contributed by atoms with Crippen LogP contribution in [0.5, 0.6) is 0 Å². The van der Waals surface area contributed by atoms with E-state index in [0.717, 1.165) is 16.8 Å². The first-order valence-electron chi connectivity index (χ1n) is 9.32. The minimum atomic E-state index is -3.11. The summed E-state index contributed by atoms with van der Waals surface area (Å²) in [5.74, 6) is -0.536. The Hall–Kier alpha value is -2.19. The maximum atomic E-state index is 13.1. The lowest BCUT2D eigenvalue weighted by Crippen LogP contribution is -2.38. The molecule has 5 nitrogen and oxygen atoms in total. The van der Waals surface area contributed by atoms with Gasteiger partial charge in [-0.05, 0) is 42.7 Å². The number of benzene rings is 2. The first-order chi connectivity index (χ1) is 13.7. The average Bonchev–Trinajstić information content (AvgIpc) is 3.09. The molecule has 2 fully saturated rings. The first-order valence-corrected chi connectivity index (χ1v) is 12.0. The molecule has 0 N–H and O–H groups in total. The van der Waals surface area contributed by atoms with E-state index in [-0.39, 0.29) is 40.9 Å². The highest BCUT2D eigenvalue weighted by molar-refractivity contribution is 8.16. The lowest BCUT2D eigenvalue weighted by molar-refractivity contribution is -0.117. The van der Waals surface area contributed by atoms with Crippen LogP contribution in [0.25, 0.3) is 0 Å². The molecule has 2 aromatic carbocycles. The number of amidine groups is 1. The fraction of sp³-hybridized carbons (Fsp3) is 0.333. The Balaban J connectivity index is 1.69. The van der Waals surface area contributed by atoms with Crippen LogP contribution in [-0.4, -0.2) is 42.3 Å². The fourth-order valence-corrected chi connectivity index (χ4v) is 7.85. The summed E-state index contributed by atoms with van der Waals surface area (Å²) in [6.07, 6.45) is 0.0680. The van der Waals surface area contributed by atoms with E-state index in [9.17, 15) is 17.6 Å². The Morgan fingerprint density at radius 3 is 2.45 bits per heavy atom. The van der Waals surface area contributed by atoms with E-state index >= 15 is 0 Å². The number of hydrogen-bond donors (Lipinski definition) is 0. The molecular weight excluding hydrogens is 411 g/mol. The number of amides is 1. The summed E-state index contributed by atoms with van der Waals surface area (Å²) in [7, 11) is -3.11. The van der Waals surface area contributed by atoms with E-state index in [1.807, 2.05) is 36.9 Å². The summed E-state index contributed by atoms with van der Waals surface area (Å²) in [5, 5.41) is 0.399. The Morgan fingerprint density at radius 2 is 1.79 bits per heavy atom. The van der Waals surface area contributed by atoms with Gasteiger partial charge in [0.05, 0.1) is 24.0 Å². The van der Waals surface area contributed by atoms with Gasteiger partial charge in [-0.1, -0.05) is 42.1 Å². The lowest BCUT2D eigenvalue weighted by atomic mass is 10.1. The predicted octanol–water partition coefficient (Wildman–Crippen LogP) is 3.29. The van der Waals surface area contributed by atoms with Gasteiger partial charge in [0.15, 0.2) is 15.0 Å². The molecule has 0 aromatic heterocycles. The second-order valence-electron chi connectivity index (χ2n) is 7.50. The van der Waals surface area contributed by atoms with Crippen LogP contribution in [0.3, 0.4) is 0 Å². The number of anilines is 1. The molecule has 0 spiro atoms. The van der Waals surface area contributed by atoms with Gasteiger partial charge in [0, 0.05) is 10.9 Å². The summed E-state index contributed by atoms with van der Waals surface area (Å²) in [6, 6.07) is 11.4. The molecule has 0 unspecified atom stereocenters. The molecular formula is C21H21FN2O3S2. The molecule has 0 radical (unpaired) electrons. The molecule has 1 amide bonds. The number of nitrogens with zero attached hydrogens (tertiary/aromatic N) is 2. The van der Waals surface area contributed by atoms with Gasteiger partial charge in [-0.25, -0.2) is 12.8 Å². The number of rotatable bonds is 3. The number of sulfone groups is 1. The highest BCUT2D eigenvalue weighted by Crippen LogP contribution is 2.43. The zero-order chi connectivity index (χ0) is 20.8. The highest BCUT2D eigenvalue weighted by atomic mass is 32.2. The number of hydrogen-bond acceptors (Lipinski definition) is 4. The standard InChI is InChI=1S/C21H21FN2O3S2/c1-13-4-3-5-14(2)20(13)24-17-11-29(26,27)12-18(17)28-21(24)23-19(25)10-15-6-8-16(22)9-7-15/h3-9,17-18H,10-12H2,1-2H3/t17-,18+/m0/s1. The fourth-order valence-electron chi connectivity index (χ4n) is 3.93. The molecule has 2 atom stereocenters. The van der Waals surface area contributed by atoms with Crippen molar-refractivity contribution in [1.29, 1.82) is 0 Å². The van der Waals surface area contributed by atoms with Gasteiger partial charge in [0.25, 0.3) is 5.91 Å². The van der Waals surface area contributed by atoms with Crippen LogP contribution in [0.15, 0.2) is 47.5 Å². The lowest BCUT2D eigenvalue weighted by Gasteiger charge is -2.28. The van der Waals surface area contributed by atoms with Crippen LogP contribution in [0.2, 0.25) is 0 Å². The van der Waals surface area contributed by atoms with Crippen molar-refractivity contribution in [2.75, 3.05) is 16.4 Å². The second kappa shape index (κ2) is 7.57. The maximum Gasteiger partial charge on any atom is 0.252 e. The van der Waals surface area contributed by atoms with Gasteiger partial charge < -0.3 is 4.90 Å². The Bertz CT molecular complexity index is 1080. The smallest absolute Gasteiger partial charge is 0.252 e. The quantitative estimate of drug-likeness (QED) is 0.745. The molecule has 2 aliphatic heterocycles. The van der Waals surface area contributed by atoms with Crippen LogP contribution in [0.4, 0.5) is 10.1 Å². The second-order valence-corrected chi connectivity index (χ2v) is 10.9. The number of para-hydroxylation sites is 1. The SMILES string of the molecule is Cc1cccc(C)c1N1C(=NC(=O)Cc2ccc(F)cc2)S[C@@H]2CS(=O)(=O)C[C@@H]21. The highest BCUT2D eigenvalue weighted by Gasteiger charge is 2.49. The molecule has 29 heavy (non-hydrogen) atoms. The van der Waals surface area contributed by atoms with Crippen LogP contribution < -0.4 is 4.90 Å². The number of fused-ring (bicyclic) bond motifs is 1. The third-order valence-electron chi connectivity index (χ3n) is 5.24. The van der Waals surface area contributed by atoms with E-state index in [1.165, 1.54) is 23.9 Å². The average molecular weight is 433 g/mol. The largest absolute Gasteiger partial charge is 0.315 e. The van der Waals surface area contributed by atoms with E-state index in [2.05, 4.69) is 4.99 Å². The molecule has 8 heteroatoms. The Morgan fingerprint density at radius 1 is 1.14 bits per heavy atom. The van der Waals surface area contributed by atoms with Crippen molar-refractivity contribution in [2.24, 2.45) is 4.99 Å². The van der Waals surface area contributed by atoms with Gasteiger partial charge >= 0.3 is 0 Å². The monoisotopic (exact) mass is 432 g/mol. The van der Waals surface area contributed by atoms with Gasteiger partial charge in [0.1, 0.15) is 5.82 Å². The summed E-state index contributed by atoms with van der Waals surface area (Å²) in [6.45, 7) is 3.95. The van der Waals surface area contributed by atoms with Gasteiger partial charge in [0.2, 0.25) is 0 Å². The third kappa shape index (κ3) is 4.09. The van der Waals surface area contributed by atoms with E-state index in [0.29, 0.717) is 10.7 Å². The number of carbonyl (C=O) groups excluding carboxylic acids is 1. The molecule has 2 aliphatic rings.